The van der Waals surface area contributed by atoms with Gasteiger partial charge in [-0.25, -0.2) is 4.98 Å². The molecule has 0 spiro atoms. The molecule has 5 rings (SSSR count). The summed E-state index contributed by atoms with van der Waals surface area (Å²) in [6.45, 7) is 8.61. The summed E-state index contributed by atoms with van der Waals surface area (Å²) in [5, 5.41) is 12.3. The van der Waals surface area contributed by atoms with Gasteiger partial charge in [-0.15, -0.1) is 11.3 Å². The minimum Gasteiger partial charge on any atom is -0.364 e. The number of nitrogens with one attached hydrogen (secondary N) is 3. The highest BCUT2D eigenvalue weighted by Gasteiger charge is 2.23. The molecule has 1 amide bonds. The van der Waals surface area contributed by atoms with Gasteiger partial charge in [0.25, 0.3) is 0 Å². The van der Waals surface area contributed by atoms with Crippen molar-refractivity contribution in [2.24, 2.45) is 0 Å². The summed E-state index contributed by atoms with van der Waals surface area (Å²) < 4.78 is 2.08. The van der Waals surface area contributed by atoms with Crippen LogP contribution in [0.25, 0.3) is 21.6 Å². The summed E-state index contributed by atoms with van der Waals surface area (Å²) in [5.74, 6) is 1.39. The number of imidazole rings is 1. The van der Waals surface area contributed by atoms with Crippen LogP contribution in [0.5, 0.6) is 0 Å². The van der Waals surface area contributed by atoms with Gasteiger partial charge in [-0.1, -0.05) is 24.3 Å². The fourth-order valence-corrected chi connectivity index (χ4v) is 5.80. The van der Waals surface area contributed by atoms with E-state index in [1.165, 1.54) is 21.6 Å². The quantitative estimate of drug-likeness (QED) is 0.269. The number of thiophene rings is 1. The van der Waals surface area contributed by atoms with Gasteiger partial charge in [0.1, 0.15) is 0 Å². The average Bonchev–Trinajstić information content (AvgIpc) is 3.50. The molecule has 1 aliphatic rings. The molecule has 1 fully saturated rings. The van der Waals surface area contributed by atoms with Crippen LogP contribution in [0.4, 0.5) is 11.8 Å². The molecule has 8 nitrogen and oxygen atoms in total. The van der Waals surface area contributed by atoms with Crippen molar-refractivity contribution in [2.45, 2.75) is 78.0 Å². The fourth-order valence-electron chi connectivity index (χ4n) is 4.89. The zero-order valence-corrected chi connectivity index (χ0v) is 22.7. The molecular weight excluding hydrogens is 482 g/mol. The van der Waals surface area contributed by atoms with E-state index in [-0.39, 0.29) is 24.0 Å². The molecule has 0 radical (unpaired) electrons. The Balaban J connectivity index is 1.32. The van der Waals surface area contributed by atoms with Gasteiger partial charge in [-0.3, -0.25) is 4.79 Å². The van der Waals surface area contributed by atoms with E-state index in [1.54, 1.807) is 18.3 Å². The van der Waals surface area contributed by atoms with Gasteiger partial charge in [-0.2, -0.15) is 9.97 Å². The summed E-state index contributed by atoms with van der Waals surface area (Å²) in [7, 11) is 0. The molecule has 0 bridgehead atoms. The van der Waals surface area contributed by atoms with Crippen LogP contribution in [0.1, 0.15) is 63.6 Å². The number of anilines is 2. The summed E-state index contributed by atoms with van der Waals surface area (Å²) in [6, 6.07) is 11.7. The Bertz CT molecular complexity index is 1370. The van der Waals surface area contributed by atoms with Crippen molar-refractivity contribution in [1.82, 2.24) is 24.8 Å². The first kappa shape index (κ1) is 25.2. The highest BCUT2D eigenvalue weighted by molar-refractivity contribution is 7.13. The van der Waals surface area contributed by atoms with Gasteiger partial charge in [0.05, 0.1) is 6.33 Å². The number of rotatable bonds is 8. The molecule has 4 aromatic rings. The van der Waals surface area contributed by atoms with Crippen LogP contribution >= 0.6 is 11.3 Å². The first-order valence-corrected chi connectivity index (χ1v) is 13.9. The number of benzene rings is 1. The molecule has 1 aliphatic carbocycles. The van der Waals surface area contributed by atoms with Gasteiger partial charge in [0.2, 0.25) is 11.9 Å². The molecule has 9 heteroatoms. The molecule has 1 aromatic carbocycles. The van der Waals surface area contributed by atoms with Crippen LogP contribution < -0.4 is 16.0 Å². The molecule has 1 saturated carbocycles. The SMILES string of the molecule is CC(=O)NC1CCC(Nc2nc(NCc3ccc(-c4cc(C)cs4)cc3)c3ncn(C(C)C)c3n2)CC1. The average molecular weight is 518 g/mol. The lowest BCUT2D eigenvalue weighted by Gasteiger charge is -2.29. The number of carbonyl (C=O) groups excluding carboxylic acids is 1. The van der Waals surface area contributed by atoms with Crippen LogP contribution in [0.3, 0.4) is 0 Å². The number of carbonyl (C=O) groups is 1. The molecule has 0 atom stereocenters. The molecule has 0 saturated heterocycles. The number of hydrogen-bond donors (Lipinski definition) is 3. The molecule has 3 N–H and O–H groups in total. The van der Waals surface area contributed by atoms with E-state index in [1.807, 2.05) is 6.33 Å². The topological polar surface area (TPSA) is 96.8 Å². The van der Waals surface area contributed by atoms with Crippen molar-refractivity contribution in [2.75, 3.05) is 10.6 Å². The lowest BCUT2D eigenvalue weighted by atomic mass is 9.91. The Labute approximate surface area is 221 Å². The normalized spacial score (nSPS) is 17.8. The number of aromatic nitrogens is 4. The first-order valence-electron chi connectivity index (χ1n) is 13.0. The molecule has 0 aliphatic heterocycles. The third-order valence-electron chi connectivity index (χ3n) is 6.87. The van der Waals surface area contributed by atoms with E-state index in [4.69, 9.17) is 9.97 Å². The number of amides is 1. The predicted molar refractivity (Wildman–Crippen MR) is 151 cm³/mol. The van der Waals surface area contributed by atoms with Gasteiger partial charge in [-0.05, 0) is 74.6 Å². The fraction of sp³-hybridized carbons (Fsp3) is 0.429. The maximum Gasteiger partial charge on any atom is 0.227 e. The third kappa shape index (κ3) is 5.93. The Morgan fingerprint density at radius 1 is 1.11 bits per heavy atom. The molecule has 194 valence electrons. The summed E-state index contributed by atoms with van der Waals surface area (Å²) in [6.07, 6.45) is 5.68. The zero-order chi connectivity index (χ0) is 25.9. The second kappa shape index (κ2) is 10.9. The Kier molecular flexibility index (Phi) is 7.41. The van der Waals surface area contributed by atoms with Gasteiger partial charge < -0.3 is 20.5 Å². The molecular formula is C28H35N7OS. The smallest absolute Gasteiger partial charge is 0.227 e. The van der Waals surface area contributed by atoms with Crippen molar-refractivity contribution in [1.29, 1.82) is 0 Å². The van der Waals surface area contributed by atoms with Crippen LogP contribution in [0.2, 0.25) is 0 Å². The second-order valence-electron chi connectivity index (χ2n) is 10.2. The van der Waals surface area contributed by atoms with Crippen molar-refractivity contribution in [3.63, 3.8) is 0 Å². The summed E-state index contributed by atoms with van der Waals surface area (Å²) in [5.41, 5.74) is 5.31. The van der Waals surface area contributed by atoms with Crippen LogP contribution in [-0.2, 0) is 11.3 Å². The van der Waals surface area contributed by atoms with Crippen molar-refractivity contribution in [3.8, 4) is 10.4 Å². The van der Waals surface area contributed by atoms with Gasteiger partial charge >= 0.3 is 0 Å². The number of fused-ring (bicyclic) bond motifs is 1. The molecule has 3 aromatic heterocycles. The Morgan fingerprint density at radius 3 is 2.49 bits per heavy atom. The zero-order valence-electron chi connectivity index (χ0n) is 21.9. The maximum atomic E-state index is 11.4. The van der Waals surface area contributed by atoms with Gasteiger partial charge in [0.15, 0.2) is 17.0 Å². The summed E-state index contributed by atoms with van der Waals surface area (Å²) in [4.78, 5) is 27.0. The standard InChI is InChI=1S/C28H35N7OS/c1-17(2)35-16-30-25-26(29-14-20-5-7-21(8-6-20)24-13-18(3)15-37-24)33-28(34-27(25)35)32-23-11-9-22(10-12-23)31-19(4)36/h5-8,13,15-17,22-23H,9-12,14H2,1-4H3,(H,31,36)(H2,29,32,33,34). The molecule has 37 heavy (non-hydrogen) atoms. The number of hydrogen-bond acceptors (Lipinski definition) is 7. The van der Waals surface area contributed by atoms with Crippen LogP contribution in [0, 0.1) is 6.92 Å². The highest BCUT2D eigenvalue weighted by Crippen LogP contribution is 2.29. The van der Waals surface area contributed by atoms with Crippen LogP contribution in [0.15, 0.2) is 42.0 Å². The van der Waals surface area contributed by atoms with E-state index >= 15 is 0 Å². The Hall–Kier alpha value is -3.46. The third-order valence-corrected chi connectivity index (χ3v) is 7.97. The lowest BCUT2D eigenvalue weighted by molar-refractivity contribution is -0.119. The van der Waals surface area contributed by atoms with E-state index < -0.39 is 0 Å². The van der Waals surface area contributed by atoms with Gasteiger partial charge in [0, 0.05) is 36.5 Å². The number of nitrogens with zero attached hydrogens (tertiary/aromatic N) is 4. The largest absolute Gasteiger partial charge is 0.364 e. The molecule has 3 heterocycles. The number of aryl methyl sites for hydroxylation is 1. The van der Waals surface area contributed by atoms with E-state index in [0.717, 1.165) is 42.7 Å². The summed E-state index contributed by atoms with van der Waals surface area (Å²) >= 11 is 1.77. The lowest BCUT2D eigenvalue weighted by Crippen LogP contribution is -2.39. The van der Waals surface area contributed by atoms with Crippen molar-refractivity contribution >= 4 is 40.2 Å². The van der Waals surface area contributed by atoms with Crippen molar-refractivity contribution in [3.05, 3.63) is 53.2 Å². The maximum absolute atomic E-state index is 11.4. The minimum atomic E-state index is 0.0408. The highest BCUT2D eigenvalue weighted by atomic mass is 32.1. The first-order chi connectivity index (χ1) is 17.9. The monoisotopic (exact) mass is 517 g/mol. The van der Waals surface area contributed by atoms with E-state index in [2.05, 4.69) is 82.0 Å². The predicted octanol–water partition coefficient (Wildman–Crippen LogP) is 5.92. The van der Waals surface area contributed by atoms with Crippen molar-refractivity contribution < 1.29 is 4.79 Å². The minimum absolute atomic E-state index is 0.0408. The van der Waals surface area contributed by atoms with E-state index in [9.17, 15) is 4.79 Å². The molecule has 0 unspecified atom stereocenters. The van der Waals surface area contributed by atoms with Crippen LogP contribution in [-0.4, -0.2) is 37.5 Å². The Morgan fingerprint density at radius 2 is 1.84 bits per heavy atom. The second-order valence-corrected chi connectivity index (χ2v) is 11.2. The van der Waals surface area contributed by atoms with E-state index in [0.29, 0.717) is 12.5 Å².